The van der Waals surface area contributed by atoms with Crippen molar-refractivity contribution in [2.75, 3.05) is 13.2 Å². The molecule has 1 atom stereocenters. The van der Waals surface area contributed by atoms with Gasteiger partial charge >= 0.3 is 5.69 Å². The Morgan fingerprint density at radius 3 is 2.41 bits per heavy atom. The summed E-state index contributed by atoms with van der Waals surface area (Å²) in [6, 6.07) is 11.0. The number of imidazole rings is 1. The summed E-state index contributed by atoms with van der Waals surface area (Å²) < 4.78 is 15.2. The molecule has 2 aromatic carbocycles. The molecule has 1 aliphatic heterocycles. The number of aromatic nitrogens is 2. The number of carbonyl (C=O) groups excluding carboxylic acids is 1. The molecule has 152 valence electrons. The van der Waals surface area contributed by atoms with Crippen LogP contribution < -0.4 is 20.5 Å². The first-order valence-electron chi connectivity index (χ1n) is 9.56. The molecule has 0 bridgehead atoms. The number of nitrogens with one attached hydrogen (secondary N) is 1. The largest absolute Gasteiger partial charge is 0.486 e. The fourth-order valence-electron chi connectivity index (χ4n) is 3.65. The topological polar surface area (TPSA) is 74.5 Å². The zero-order chi connectivity index (χ0) is 20.5. The van der Waals surface area contributed by atoms with E-state index >= 15 is 0 Å². The first-order chi connectivity index (χ1) is 14.0. The summed E-state index contributed by atoms with van der Waals surface area (Å²) in [5, 5.41) is 2.98. The fraction of sp³-hybridized carbons (Fsp3) is 0.333. The number of halogens is 1. The maximum Gasteiger partial charge on any atom is 0.329 e. The average Bonchev–Trinajstić information content (AvgIpc) is 2.98. The number of fused-ring (bicyclic) bond motifs is 2. The minimum absolute atomic E-state index is 0.0428. The number of amides is 1. The van der Waals surface area contributed by atoms with Crippen LogP contribution in [-0.4, -0.2) is 28.3 Å². The van der Waals surface area contributed by atoms with Crippen LogP contribution in [0.1, 0.15) is 25.5 Å². The first kappa shape index (κ1) is 19.6. The molecule has 0 radical (unpaired) electrons. The van der Waals surface area contributed by atoms with Crippen molar-refractivity contribution >= 4 is 32.9 Å². The van der Waals surface area contributed by atoms with Crippen LogP contribution in [0.3, 0.4) is 0 Å². The summed E-state index contributed by atoms with van der Waals surface area (Å²) in [6.07, 6.45) is 0. The molecule has 1 unspecified atom stereocenters. The van der Waals surface area contributed by atoms with Crippen LogP contribution in [0.5, 0.6) is 11.5 Å². The summed E-state index contributed by atoms with van der Waals surface area (Å²) in [6.45, 7) is 5.34. The van der Waals surface area contributed by atoms with E-state index in [0.717, 1.165) is 21.1 Å². The van der Waals surface area contributed by atoms with E-state index in [0.29, 0.717) is 31.3 Å². The summed E-state index contributed by atoms with van der Waals surface area (Å²) in [5.41, 5.74) is 2.28. The molecular formula is C21H22BrN3O4. The van der Waals surface area contributed by atoms with Crippen molar-refractivity contribution in [3.63, 3.8) is 0 Å². The van der Waals surface area contributed by atoms with E-state index in [1.54, 1.807) is 4.57 Å². The van der Waals surface area contributed by atoms with Gasteiger partial charge < -0.3 is 14.8 Å². The van der Waals surface area contributed by atoms with Crippen LogP contribution in [-0.2, 0) is 17.9 Å². The third-order valence-electron chi connectivity index (χ3n) is 5.05. The van der Waals surface area contributed by atoms with Crippen molar-refractivity contribution in [1.29, 1.82) is 0 Å². The Bertz CT molecular complexity index is 1130. The molecule has 1 aliphatic rings. The van der Waals surface area contributed by atoms with Crippen LogP contribution >= 0.6 is 15.9 Å². The predicted octanol–water partition coefficient (Wildman–Crippen LogP) is 3.23. The van der Waals surface area contributed by atoms with E-state index in [1.165, 1.54) is 4.57 Å². The lowest BCUT2D eigenvalue weighted by molar-refractivity contribution is -0.122. The zero-order valence-electron chi connectivity index (χ0n) is 16.3. The van der Waals surface area contributed by atoms with Gasteiger partial charge in [-0.25, -0.2) is 4.79 Å². The van der Waals surface area contributed by atoms with Crippen LogP contribution in [0.2, 0.25) is 0 Å². The van der Waals surface area contributed by atoms with Crippen molar-refractivity contribution in [2.24, 2.45) is 0 Å². The van der Waals surface area contributed by atoms with Crippen molar-refractivity contribution in [2.45, 2.75) is 33.0 Å². The third-order valence-corrected chi connectivity index (χ3v) is 5.74. The Kier molecular flexibility index (Phi) is 5.36. The van der Waals surface area contributed by atoms with Crippen LogP contribution in [0.25, 0.3) is 11.0 Å². The van der Waals surface area contributed by atoms with Crippen molar-refractivity contribution in [1.82, 2.24) is 14.5 Å². The molecule has 1 amide bonds. The summed E-state index contributed by atoms with van der Waals surface area (Å²) in [7, 11) is 0. The molecule has 0 spiro atoms. The lowest BCUT2D eigenvalue weighted by Gasteiger charge is -2.22. The number of aryl methyl sites for hydroxylation is 1. The quantitative estimate of drug-likeness (QED) is 0.635. The van der Waals surface area contributed by atoms with Crippen molar-refractivity contribution in [3.8, 4) is 11.5 Å². The minimum atomic E-state index is -0.275. The van der Waals surface area contributed by atoms with Gasteiger partial charge in [-0.05, 0) is 43.7 Å². The Labute approximate surface area is 176 Å². The number of rotatable bonds is 5. The first-order valence-corrected chi connectivity index (χ1v) is 10.4. The Balaban J connectivity index is 1.56. The standard InChI is InChI=1S/C21H22BrN3O4/c1-3-24-16-6-4-5-7-17(16)25(21(24)27)12-20(26)23-13(2)14-10-18-19(11-15(14)22)29-9-8-28-18/h4-7,10-11,13H,3,8-9,12H2,1-2H3,(H,23,26). The van der Waals surface area contributed by atoms with Gasteiger partial charge in [0.05, 0.1) is 17.1 Å². The smallest absolute Gasteiger partial charge is 0.329 e. The molecule has 29 heavy (non-hydrogen) atoms. The maximum absolute atomic E-state index is 12.7. The van der Waals surface area contributed by atoms with Crippen LogP contribution in [0.15, 0.2) is 45.7 Å². The van der Waals surface area contributed by atoms with E-state index < -0.39 is 0 Å². The molecule has 3 aromatic rings. The highest BCUT2D eigenvalue weighted by Gasteiger charge is 2.20. The zero-order valence-corrected chi connectivity index (χ0v) is 17.9. The molecule has 7 nitrogen and oxygen atoms in total. The monoisotopic (exact) mass is 459 g/mol. The van der Waals surface area contributed by atoms with Gasteiger partial charge in [0.25, 0.3) is 0 Å². The molecule has 0 saturated carbocycles. The Hall–Kier alpha value is -2.74. The summed E-state index contributed by atoms with van der Waals surface area (Å²) in [5.74, 6) is 1.11. The highest BCUT2D eigenvalue weighted by atomic mass is 79.9. The van der Waals surface area contributed by atoms with Crippen LogP contribution in [0, 0.1) is 0 Å². The SMILES string of the molecule is CCn1c(=O)n(CC(=O)NC(C)c2cc3c(cc2Br)OCCO3)c2ccccc21. The van der Waals surface area contributed by atoms with Gasteiger partial charge in [-0.1, -0.05) is 28.1 Å². The van der Waals surface area contributed by atoms with E-state index in [2.05, 4.69) is 21.2 Å². The van der Waals surface area contributed by atoms with Gasteiger partial charge in [-0.2, -0.15) is 0 Å². The Morgan fingerprint density at radius 1 is 1.14 bits per heavy atom. The fourth-order valence-corrected chi connectivity index (χ4v) is 4.32. The highest BCUT2D eigenvalue weighted by Crippen LogP contribution is 2.37. The number of ether oxygens (including phenoxy) is 2. The number of benzene rings is 2. The molecule has 0 fully saturated rings. The summed E-state index contributed by atoms with van der Waals surface area (Å²) in [4.78, 5) is 25.5. The number of hydrogen-bond donors (Lipinski definition) is 1. The van der Waals surface area contributed by atoms with E-state index in [9.17, 15) is 9.59 Å². The van der Waals surface area contributed by atoms with E-state index in [-0.39, 0.29) is 24.2 Å². The van der Waals surface area contributed by atoms with Gasteiger partial charge in [0.1, 0.15) is 19.8 Å². The second-order valence-corrected chi connectivity index (χ2v) is 7.76. The lowest BCUT2D eigenvalue weighted by Crippen LogP contribution is -2.34. The molecule has 4 rings (SSSR count). The molecular weight excluding hydrogens is 438 g/mol. The highest BCUT2D eigenvalue weighted by molar-refractivity contribution is 9.10. The number of nitrogens with zero attached hydrogens (tertiary/aromatic N) is 2. The molecule has 2 heterocycles. The van der Waals surface area contributed by atoms with Crippen LogP contribution in [0.4, 0.5) is 0 Å². The molecule has 0 aliphatic carbocycles. The maximum atomic E-state index is 12.7. The van der Waals surface area contributed by atoms with Gasteiger partial charge in [0.15, 0.2) is 11.5 Å². The molecule has 0 saturated heterocycles. The third kappa shape index (κ3) is 3.64. The van der Waals surface area contributed by atoms with E-state index in [1.807, 2.05) is 50.2 Å². The molecule has 8 heteroatoms. The van der Waals surface area contributed by atoms with Gasteiger partial charge in [-0.3, -0.25) is 13.9 Å². The Morgan fingerprint density at radius 2 is 1.76 bits per heavy atom. The van der Waals surface area contributed by atoms with Gasteiger partial charge in [0.2, 0.25) is 5.91 Å². The van der Waals surface area contributed by atoms with Crippen molar-refractivity contribution < 1.29 is 14.3 Å². The lowest BCUT2D eigenvalue weighted by atomic mass is 10.1. The number of carbonyl (C=O) groups is 1. The summed E-state index contributed by atoms with van der Waals surface area (Å²) >= 11 is 3.54. The normalized spacial score (nSPS) is 14.0. The molecule has 1 aromatic heterocycles. The number of para-hydroxylation sites is 2. The second kappa shape index (κ2) is 7.94. The molecule has 1 N–H and O–H groups in total. The van der Waals surface area contributed by atoms with E-state index in [4.69, 9.17) is 9.47 Å². The average molecular weight is 460 g/mol. The minimum Gasteiger partial charge on any atom is -0.486 e. The predicted molar refractivity (Wildman–Crippen MR) is 114 cm³/mol. The van der Waals surface area contributed by atoms with Gasteiger partial charge in [0, 0.05) is 11.0 Å². The van der Waals surface area contributed by atoms with Crippen molar-refractivity contribution in [3.05, 3.63) is 56.9 Å². The second-order valence-electron chi connectivity index (χ2n) is 6.91. The number of hydrogen-bond acceptors (Lipinski definition) is 4. The van der Waals surface area contributed by atoms with Gasteiger partial charge in [-0.15, -0.1) is 0 Å².